The number of ether oxygens (including phenoxy) is 1. The second kappa shape index (κ2) is 4.76. The van der Waals surface area contributed by atoms with Gasteiger partial charge in [-0.05, 0) is 34.2 Å². The summed E-state index contributed by atoms with van der Waals surface area (Å²) in [5.74, 6) is 0. The highest BCUT2D eigenvalue weighted by atomic mass is 16.5. The van der Waals surface area contributed by atoms with E-state index >= 15 is 0 Å². The number of benzene rings is 2. The molecule has 1 amide bonds. The SMILES string of the molecule is CNC(=O)OCc1cccc2c1Cc1ccccc1-2. The third kappa shape index (κ3) is 2.08. The van der Waals surface area contributed by atoms with Gasteiger partial charge in [-0.1, -0.05) is 42.5 Å². The number of carbonyl (C=O) groups is 1. The fourth-order valence-electron chi connectivity index (χ4n) is 2.57. The molecule has 0 aromatic heterocycles. The fraction of sp³-hybridized carbons (Fsp3) is 0.188. The lowest BCUT2D eigenvalue weighted by atomic mass is 10.0. The molecule has 96 valence electrons. The molecule has 0 saturated carbocycles. The first-order valence-electron chi connectivity index (χ1n) is 6.33. The summed E-state index contributed by atoms with van der Waals surface area (Å²) in [7, 11) is 1.56. The Kier molecular flexibility index (Phi) is 2.95. The summed E-state index contributed by atoms with van der Waals surface area (Å²) in [5, 5.41) is 2.46. The van der Waals surface area contributed by atoms with Crippen LogP contribution in [-0.4, -0.2) is 13.1 Å². The van der Waals surface area contributed by atoms with Crippen LogP contribution in [0.2, 0.25) is 0 Å². The number of carbonyl (C=O) groups excluding carboxylic acids is 1. The van der Waals surface area contributed by atoms with Gasteiger partial charge in [-0.25, -0.2) is 4.79 Å². The number of nitrogens with one attached hydrogen (secondary N) is 1. The van der Waals surface area contributed by atoms with Gasteiger partial charge < -0.3 is 10.1 Å². The lowest BCUT2D eigenvalue weighted by molar-refractivity contribution is 0.141. The highest BCUT2D eigenvalue weighted by molar-refractivity contribution is 5.78. The van der Waals surface area contributed by atoms with Crippen LogP contribution in [-0.2, 0) is 17.8 Å². The van der Waals surface area contributed by atoms with E-state index in [4.69, 9.17) is 4.74 Å². The third-order valence-electron chi connectivity index (χ3n) is 3.51. The Labute approximate surface area is 112 Å². The van der Waals surface area contributed by atoms with Gasteiger partial charge in [0.15, 0.2) is 0 Å². The summed E-state index contributed by atoms with van der Waals surface area (Å²) in [4.78, 5) is 11.2. The summed E-state index contributed by atoms with van der Waals surface area (Å²) in [6, 6.07) is 14.6. The molecule has 3 nitrogen and oxygen atoms in total. The second-order valence-corrected chi connectivity index (χ2v) is 4.60. The third-order valence-corrected chi connectivity index (χ3v) is 3.51. The zero-order valence-electron chi connectivity index (χ0n) is 10.8. The summed E-state index contributed by atoms with van der Waals surface area (Å²) in [6.45, 7) is 0.316. The quantitative estimate of drug-likeness (QED) is 0.762. The lowest BCUT2D eigenvalue weighted by Gasteiger charge is -2.09. The van der Waals surface area contributed by atoms with Crippen LogP contribution >= 0.6 is 0 Å². The van der Waals surface area contributed by atoms with Crippen molar-refractivity contribution in [2.24, 2.45) is 0 Å². The predicted molar refractivity (Wildman–Crippen MR) is 73.9 cm³/mol. The first-order chi connectivity index (χ1) is 9.29. The molecule has 0 heterocycles. The Morgan fingerprint density at radius 2 is 1.95 bits per heavy atom. The van der Waals surface area contributed by atoms with Crippen molar-refractivity contribution in [2.75, 3.05) is 7.05 Å². The molecular formula is C16H15NO2. The number of hydrogen-bond donors (Lipinski definition) is 1. The molecule has 3 heteroatoms. The maximum atomic E-state index is 11.2. The second-order valence-electron chi connectivity index (χ2n) is 4.60. The van der Waals surface area contributed by atoms with Gasteiger partial charge in [0.05, 0.1) is 0 Å². The summed E-state index contributed by atoms with van der Waals surface area (Å²) >= 11 is 0. The molecule has 1 aliphatic carbocycles. The maximum Gasteiger partial charge on any atom is 0.407 e. The first-order valence-corrected chi connectivity index (χ1v) is 6.33. The Balaban J connectivity index is 1.92. The molecule has 0 aliphatic heterocycles. The average molecular weight is 253 g/mol. The van der Waals surface area contributed by atoms with Crippen LogP contribution in [0.4, 0.5) is 4.79 Å². The number of rotatable bonds is 2. The molecule has 1 aliphatic rings. The van der Waals surface area contributed by atoms with E-state index in [-0.39, 0.29) is 0 Å². The fourth-order valence-corrected chi connectivity index (χ4v) is 2.57. The standard InChI is InChI=1S/C16H15NO2/c1-17-16(18)19-10-12-6-4-8-14-13-7-3-2-5-11(13)9-15(12)14/h2-8H,9-10H2,1H3,(H,17,18). The van der Waals surface area contributed by atoms with Crippen LogP contribution in [0.15, 0.2) is 42.5 Å². The van der Waals surface area contributed by atoms with E-state index in [0.717, 1.165) is 12.0 Å². The van der Waals surface area contributed by atoms with E-state index in [2.05, 4.69) is 35.6 Å². The Hall–Kier alpha value is -2.29. The molecular weight excluding hydrogens is 238 g/mol. The van der Waals surface area contributed by atoms with Gasteiger partial charge in [-0.3, -0.25) is 0 Å². The van der Waals surface area contributed by atoms with Gasteiger partial charge in [0, 0.05) is 7.05 Å². The Morgan fingerprint density at radius 1 is 1.16 bits per heavy atom. The maximum absolute atomic E-state index is 11.2. The monoisotopic (exact) mass is 253 g/mol. The Morgan fingerprint density at radius 3 is 2.79 bits per heavy atom. The number of fused-ring (bicyclic) bond motifs is 3. The average Bonchev–Trinajstić information content (AvgIpc) is 2.84. The van der Waals surface area contributed by atoms with Gasteiger partial charge in [-0.15, -0.1) is 0 Å². The molecule has 0 saturated heterocycles. The lowest BCUT2D eigenvalue weighted by Crippen LogP contribution is -2.19. The first kappa shape index (κ1) is 11.8. The van der Waals surface area contributed by atoms with Crippen molar-refractivity contribution in [3.63, 3.8) is 0 Å². The molecule has 0 unspecified atom stereocenters. The van der Waals surface area contributed by atoms with Gasteiger partial charge in [0.25, 0.3) is 0 Å². The van der Waals surface area contributed by atoms with Crippen molar-refractivity contribution in [3.8, 4) is 11.1 Å². The van der Waals surface area contributed by atoms with Crippen molar-refractivity contribution in [1.29, 1.82) is 0 Å². The molecule has 2 aromatic rings. The zero-order valence-corrected chi connectivity index (χ0v) is 10.8. The van der Waals surface area contributed by atoms with E-state index in [0.29, 0.717) is 6.61 Å². The summed E-state index contributed by atoms with van der Waals surface area (Å²) < 4.78 is 5.15. The van der Waals surface area contributed by atoms with Crippen LogP contribution in [0.25, 0.3) is 11.1 Å². The van der Waals surface area contributed by atoms with Gasteiger partial charge in [0.2, 0.25) is 0 Å². The number of amides is 1. The van der Waals surface area contributed by atoms with Crippen LogP contribution in [0.5, 0.6) is 0 Å². The van der Waals surface area contributed by atoms with Crippen LogP contribution < -0.4 is 5.32 Å². The summed E-state index contributed by atoms with van der Waals surface area (Å²) in [5.41, 5.74) is 6.24. The van der Waals surface area contributed by atoms with E-state index in [1.165, 1.54) is 22.3 Å². The predicted octanol–water partition coefficient (Wildman–Crippen LogP) is 3.11. The van der Waals surface area contributed by atoms with Crippen molar-refractivity contribution in [2.45, 2.75) is 13.0 Å². The molecule has 0 fully saturated rings. The van der Waals surface area contributed by atoms with E-state index in [1.807, 2.05) is 12.1 Å². The zero-order chi connectivity index (χ0) is 13.2. The molecule has 0 atom stereocenters. The molecule has 2 aromatic carbocycles. The van der Waals surface area contributed by atoms with Crippen molar-refractivity contribution in [3.05, 3.63) is 59.2 Å². The smallest absolute Gasteiger partial charge is 0.407 e. The number of hydrogen-bond acceptors (Lipinski definition) is 2. The molecule has 1 N–H and O–H groups in total. The van der Waals surface area contributed by atoms with E-state index < -0.39 is 6.09 Å². The molecule has 0 spiro atoms. The van der Waals surface area contributed by atoms with Crippen molar-refractivity contribution >= 4 is 6.09 Å². The van der Waals surface area contributed by atoms with Gasteiger partial charge in [-0.2, -0.15) is 0 Å². The highest BCUT2D eigenvalue weighted by Crippen LogP contribution is 2.38. The topological polar surface area (TPSA) is 38.3 Å². The van der Waals surface area contributed by atoms with Crippen LogP contribution in [0.3, 0.4) is 0 Å². The van der Waals surface area contributed by atoms with E-state index in [1.54, 1.807) is 7.05 Å². The van der Waals surface area contributed by atoms with E-state index in [9.17, 15) is 4.79 Å². The normalized spacial score (nSPS) is 11.6. The molecule has 3 rings (SSSR count). The molecule has 0 bridgehead atoms. The largest absolute Gasteiger partial charge is 0.445 e. The Bertz CT molecular complexity index is 634. The molecule has 0 radical (unpaired) electrons. The van der Waals surface area contributed by atoms with Gasteiger partial charge >= 0.3 is 6.09 Å². The van der Waals surface area contributed by atoms with Crippen LogP contribution in [0, 0.1) is 0 Å². The van der Waals surface area contributed by atoms with Crippen LogP contribution in [0.1, 0.15) is 16.7 Å². The van der Waals surface area contributed by atoms with Gasteiger partial charge in [0.1, 0.15) is 6.61 Å². The van der Waals surface area contributed by atoms with Crippen molar-refractivity contribution in [1.82, 2.24) is 5.32 Å². The molecule has 19 heavy (non-hydrogen) atoms. The minimum atomic E-state index is -0.395. The minimum absolute atomic E-state index is 0.316. The number of alkyl carbamates (subject to hydrolysis) is 1. The van der Waals surface area contributed by atoms with Crippen molar-refractivity contribution < 1.29 is 9.53 Å². The minimum Gasteiger partial charge on any atom is -0.445 e. The highest BCUT2D eigenvalue weighted by Gasteiger charge is 2.20. The summed E-state index contributed by atoms with van der Waals surface area (Å²) in [6.07, 6.45) is 0.520.